The Hall–Kier alpha value is -1.52. The average Bonchev–Trinajstić information content (AvgIpc) is 2.32. The lowest BCUT2D eigenvalue weighted by atomic mass is 10.4. The standard InChI is InChI=1S/C6H7N3O2/c1-3-5-6(9-8-3)7-4(10)2-11-5/h2H2,1H3,(H2,7,8,9,10). The number of ether oxygens (including phenoxy) is 1. The van der Waals surface area contributed by atoms with E-state index >= 15 is 0 Å². The number of anilines is 1. The summed E-state index contributed by atoms with van der Waals surface area (Å²) >= 11 is 0. The van der Waals surface area contributed by atoms with E-state index in [1.165, 1.54) is 0 Å². The predicted molar refractivity (Wildman–Crippen MR) is 37.4 cm³/mol. The Kier molecular flexibility index (Phi) is 1.12. The average molecular weight is 153 g/mol. The first kappa shape index (κ1) is 6.21. The van der Waals surface area contributed by atoms with Crippen molar-refractivity contribution in [3.8, 4) is 5.75 Å². The summed E-state index contributed by atoms with van der Waals surface area (Å²) in [6.07, 6.45) is 0. The lowest BCUT2D eigenvalue weighted by Crippen LogP contribution is -2.25. The van der Waals surface area contributed by atoms with Crippen molar-refractivity contribution in [1.82, 2.24) is 10.2 Å². The van der Waals surface area contributed by atoms with Crippen LogP contribution in [0.2, 0.25) is 0 Å². The number of hydrogen-bond acceptors (Lipinski definition) is 3. The van der Waals surface area contributed by atoms with Crippen LogP contribution >= 0.6 is 0 Å². The Morgan fingerprint density at radius 2 is 2.45 bits per heavy atom. The summed E-state index contributed by atoms with van der Waals surface area (Å²) in [5, 5.41) is 9.12. The lowest BCUT2D eigenvalue weighted by Gasteiger charge is -2.12. The van der Waals surface area contributed by atoms with E-state index in [-0.39, 0.29) is 12.5 Å². The predicted octanol–water partition coefficient (Wildman–Crippen LogP) is 0.0490. The van der Waals surface area contributed by atoms with Crippen LogP contribution in [0.5, 0.6) is 5.75 Å². The SMILES string of the molecule is Cc1n[nH]c2c1OCC(=O)N2. The molecule has 0 saturated heterocycles. The molecule has 0 aliphatic carbocycles. The molecule has 0 atom stereocenters. The van der Waals surface area contributed by atoms with E-state index in [1.807, 2.05) is 6.92 Å². The van der Waals surface area contributed by atoms with Crippen LogP contribution in [0.1, 0.15) is 5.69 Å². The van der Waals surface area contributed by atoms with Gasteiger partial charge in [0.25, 0.3) is 5.91 Å². The number of carbonyl (C=O) groups excluding carboxylic acids is 1. The Balaban J connectivity index is 2.44. The number of hydrogen-bond donors (Lipinski definition) is 2. The van der Waals surface area contributed by atoms with Crippen molar-refractivity contribution in [3.63, 3.8) is 0 Å². The van der Waals surface area contributed by atoms with E-state index in [9.17, 15) is 4.79 Å². The Bertz CT molecular complexity index is 305. The highest BCUT2D eigenvalue weighted by Gasteiger charge is 2.19. The van der Waals surface area contributed by atoms with Gasteiger partial charge in [0.05, 0.1) is 0 Å². The molecule has 1 aromatic heterocycles. The zero-order valence-corrected chi connectivity index (χ0v) is 5.97. The van der Waals surface area contributed by atoms with Crippen LogP contribution in [0.15, 0.2) is 0 Å². The normalized spacial score (nSPS) is 15.2. The largest absolute Gasteiger partial charge is 0.478 e. The minimum Gasteiger partial charge on any atom is -0.478 e. The van der Waals surface area contributed by atoms with Crippen molar-refractivity contribution in [2.75, 3.05) is 11.9 Å². The molecule has 0 spiro atoms. The maximum Gasteiger partial charge on any atom is 0.263 e. The summed E-state index contributed by atoms with van der Waals surface area (Å²) in [6.45, 7) is 1.89. The maximum absolute atomic E-state index is 10.8. The van der Waals surface area contributed by atoms with E-state index in [1.54, 1.807) is 0 Å². The summed E-state index contributed by atoms with van der Waals surface area (Å²) < 4.78 is 5.10. The van der Waals surface area contributed by atoms with Gasteiger partial charge in [0.15, 0.2) is 18.2 Å². The van der Waals surface area contributed by atoms with E-state index in [0.29, 0.717) is 11.6 Å². The summed E-state index contributed by atoms with van der Waals surface area (Å²) in [5.74, 6) is 1.05. The summed E-state index contributed by atoms with van der Waals surface area (Å²) in [5.41, 5.74) is 0.764. The van der Waals surface area contributed by atoms with Crippen molar-refractivity contribution < 1.29 is 9.53 Å². The topological polar surface area (TPSA) is 67.0 Å². The number of carbonyl (C=O) groups is 1. The molecule has 0 unspecified atom stereocenters. The highest BCUT2D eigenvalue weighted by Crippen LogP contribution is 2.27. The van der Waals surface area contributed by atoms with Crippen molar-refractivity contribution in [2.45, 2.75) is 6.92 Å². The van der Waals surface area contributed by atoms with E-state index in [2.05, 4.69) is 15.5 Å². The van der Waals surface area contributed by atoms with Gasteiger partial charge in [-0.3, -0.25) is 9.89 Å². The van der Waals surface area contributed by atoms with Crippen LogP contribution < -0.4 is 10.1 Å². The smallest absolute Gasteiger partial charge is 0.263 e. The van der Waals surface area contributed by atoms with Crippen LogP contribution in [0.4, 0.5) is 5.82 Å². The molecule has 1 amide bonds. The van der Waals surface area contributed by atoms with Crippen LogP contribution in [0.3, 0.4) is 0 Å². The third-order valence-electron chi connectivity index (χ3n) is 1.50. The Labute approximate surface area is 62.7 Å². The molecule has 2 rings (SSSR count). The van der Waals surface area contributed by atoms with Crippen LogP contribution in [0.25, 0.3) is 0 Å². The molecule has 58 valence electrons. The minimum atomic E-state index is -0.152. The molecule has 0 radical (unpaired) electrons. The molecule has 2 N–H and O–H groups in total. The van der Waals surface area contributed by atoms with Gasteiger partial charge in [-0.05, 0) is 6.92 Å². The van der Waals surface area contributed by atoms with Gasteiger partial charge in [-0.25, -0.2) is 0 Å². The highest BCUT2D eigenvalue weighted by molar-refractivity contribution is 5.94. The Morgan fingerprint density at radius 3 is 3.27 bits per heavy atom. The lowest BCUT2D eigenvalue weighted by molar-refractivity contribution is -0.118. The number of nitrogens with zero attached hydrogens (tertiary/aromatic N) is 1. The van der Waals surface area contributed by atoms with Crippen molar-refractivity contribution in [1.29, 1.82) is 0 Å². The third-order valence-corrected chi connectivity index (χ3v) is 1.50. The summed E-state index contributed by atoms with van der Waals surface area (Å²) in [6, 6.07) is 0. The van der Waals surface area contributed by atoms with Gasteiger partial charge in [-0.2, -0.15) is 5.10 Å². The molecule has 5 nitrogen and oxygen atoms in total. The number of aryl methyl sites for hydroxylation is 1. The molecular formula is C6H7N3O2. The van der Waals surface area contributed by atoms with Gasteiger partial charge < -0.3 is 10.1 Å². The molecule has 0 bridgehead atoms. The zero-order valence-electron chi connectivity index (χ0n) is 5.97. The minimum absolute atomic E-state index is 0.0768. The van der Waals surface area contributed by atoms with Crippen molar-refractivity contribution >= 4 is 11.7 Å². The molecule has 11 heavy (non-hydrogen) atoms. The molecule has 1 aliphatic rings. The van der Waals surface area contributed by atoms with Gasteiger partial charge >= 0.3 is 0 Å². The van der Waals surface area contributed by atoms with Gasteiger partial charge in [0.1, 0.15) is 5.69 Å². The number of rotatable bonds is 0. The number of nitrogens with one attached hydrogen (secondary N) is 2. The fourth-order valence-electron chi connectivity index (χ4n) is 0.997. The van der Waals surface area contributed by atoms with Gasteiger partial charge in [0.2, 0.25) is 0 Å². The Morgan fingerprint density at radius 1 is 1.64 bits per heavy atom. The zero-order chi connectivity index (χ0) is 7.84. The first-order valence-corrected chi connectivity index (χ1v) is 3.25. The number of amides is 1. The number of H-pyrrole nitrogens is 1. The van der Waals surface area contributed by atoms with Crippen LogP contribution in [-0.4, -0.2) is 22.7 Å². The van der Waals surface area contributed by atoms with E-state index in [0.717, 1.165) is 5.69 Å². The summed E-state index contributed by atoms with van der Waals surface area (Å²) in [7, 11) is 0. The quantitative estimate of drug-likeness (QED) is 0.553. The first-order valence-electron chi connectivity index (χ1n) is 3.25. The summed E-state index contributed by atoms with van der Waals surface area (Å²) in [4.78, 5) is 10.8. The number of fused-ring (bicyclic) bond motifs is 1. The molecule has 1 aromatic rings. The number of aromatic nitrogens is 2. The molecule has 0 fully saturated rings. The van der Waals surface area contributed by atoms with Gasteiger partial charge in [-0.15, -0.1) is 0 Å². The molecular weight excluding hydrogens is 146 g/mol. The van der Waals surface area contributed by atoms with Crippen molar-refractivity contribution in [2.24, 2.45) is 0 Å². The van der Waals surface area contributed by atoms with Crippen LogP contribution in [0, 0.1) is 6.92 Å². The number of aromatic amines is 1. The second kappa shape index (κ2) is 1.98. The molecule has 5 heteroatoms. The highest BCUT2D eigenvalue weighted by atomic mass is 16.5. The molecule has 0 saturated carbocycles. The van der Waals surface area contributed by atoms with Crippen LogP contribution in [-0.2, 0) is 4.79 Å². The molecule has 0 aromatic carbocycles. The van der Waals surface area contributed by atoms with Gasteiger partial charge in [0, 0.05) is 0 Å². The second-order valence-electron chi connectivity index (χ2n) is 2.35. The fourth-order valence-corrected chi connectivity index (χ4v) is 0.997. The first-order chi connectivity index (χ1) is 5.27. The fraction of sp³-hybridized carbons (Fsp3) is 0.333. The maximum atomic E-state index is 10.8. The van der Waals surface area contributed by atoms with E-state index in [4.69, 9.17) is 4.74 Å². The third kappa shape index (κ3) is 0.849. The van der Waals surface area contributed by atoms with Gasteiger partial charge in [-0.1, -0.05) is 0 Å². The monoisotopic (exact) mass is 153 g/mol. The second-order valence-corrected chi connectivity index (χ2v) is 2.35. The molecule has 2 heterocycles. The van der Waals surface area contributed by atoms with E-state index < -0.39 is 0 Å². The van der Waals surface area contributed by atoms with Crippen molar-refractivity contribution in [3.05, 3.63) is 5.69 Å². The molecule has 1 aliphatic heterocycles.